The molecule has 4 nitrogen and oxygen atoms in total. The smallest absolute Gasteiger partial charge is 0.258 e. The molecular weight excluding hydrogens is 326 g/mol. The summed E-state index contributed by atoms with van der Waals surface area (Å²) in [7, 11) is 3.11. The van der Waals surface area contributed by atoms with E-state index in [2.05, 4.69) is 24.0 Å². The van der Waals surface area contributed by atoms with Crippen LogP contribution in [0.15, 0.2) is 65.6 Å². The van der Waals surface area contributed by atoms with E-state index < -0.39 is 6.29 Å². The Kier molecular flexibility index (Phi) is 5.85. The molecule has 0 N–H and O–H groups in total. The number of ether oxygens (including phenoxy) is 2. The molecule has 2 aromatic carbocycles. The second-order valence-corrected chi connectivity index (χ2v) is 5.94. The lowest BCUT2D eigenvalue weighted by Crippen LogP contribution is -2.28. The van der Waals surface area contributed by atoms with Crippen LogP contribution in [0, 0.1) is 11.8 Å². The molecule has 0 aliphatic heterocycles. The van der Waals surface area contributed by atoms with E-state index in [1.54, 1.807) is 25.0 Å². The number of benzene rings is 2. The number of nitrogens with zero attached hydrogens (tertiary/aromatic N) is 1. The van der Waals surface area contributed by atoms with Crippen LogP contribution in [-0.4, -0.2) is 25.1 Å². The lowest BCUT2D eigenvalue weighted by atomic mass is 10.1. The Labute approximate surface area is 153 Å². The van der Waals surface area contributed by atoms with Gasteiger partial charge in [0.2, 0.25) is 0 Å². The van der Waals surface area contributed by atoms with Gasteiger partial charge in [-0.1, -0.05) is 48.2 Å². The van der Waals surface area contributed by atoms with Gasteiger partial charge in [-0.3, -0.25) is 4.79 Å². The molecular formula is C22H21NO3. The number of pyridine rings is 1. The number of fused-ring (bicyclic) bond motifs is 1. The molecule has 0 fully saturated rings. The highest BCUT2D eigenvalue weighted by molar-refractivity contribution is 5.82. The highest BCUT2D eigenvalue weighted by Gasteiger charge is 2.09. The van der Waals surface area contributed by atoms with Crippen molar-refractivity contribution in [2.45, 2.75) is 19.3 Å². The third-order valence-electron chi connectivity index (χ3n) is 4.22. The average Bonchev–Trinajstić information content (AvgIpc) is 2.69. The summed E-state index contributed by atoms with van der Waals surface area (Å²) in [6.07, 6.45) is 1.98. The van der Waals surface area contributed by atoms with Crippen molar-refractivity contribution >= 4 is 10.8 Å². The molecule has 0 aliphatic rings. The van der Waals surface area contributed by atoms with Gasteiger partial charge in [0.15, 0.2) is 6.29 Å². The van der Waals surface area contributed by atoms with Crippen LogP contribution in [0.1, 0.15) is 11.1 Å². The Morgan fingerprint density at radius 1 is 1.04 bits per heavy atom. The quantitative estimate of drug-likeness (QED) is 0.526. The monoisotopic (exact) mass is 347 g/mol. The lowest BCUT2D eigenvalue weighted by Gasteiger charge is -2.15. The van der Waals surface area contributed by atoms with Crippen molar-refractivity contribution in [3.8, 4) is 11.8 Å². The number of hydrogen-bond acceptors (Lipinski definition) is 3. The molecule has 0 aliphatic carbocycles. The van der Waals surface area contributed by atoms with E-state index in [0.29, 0.717) is 18.4 Å². The minimum atomic E-state index is -0.459. The molecule has 3 rings (SSSR count). The van der Waals surface area contributed by atoms with E-state index in [1.807, 2.05) is 42.5 Å². The fraction of sp³-hybridized carbons (Fsp3) is 0.227. The van der Waals surface area contributed by atoms with E-state index >= 15 is 0 Å². The fourth-order valence-electron chi connectivity index (χ4n) is 2.75. The van der Waals surface area contributed by atoms with Gasteiger partial charge >= 0.3 is 0 Å². The zero-order valence-electron chi connectivity index (χ0n) is 14.9. The summed E-state index contributed by atoms with van der Waals surface area (Å²) in [4.78, 5) is 12.7. The van der Waals surface area contributed by atoms with E-state index in [-0.39, 0.29) is 5.56 Å². The highest BCUT2D eigenvalue weighted by atomic mass is 16.7. The summed E-state index contributed by atoms with van der Waals surface area (Å²) < 4.78 is 12.0. The maximum Gasteiger partial charge on any atom is 0.258 e. The van der Waals surface area contributed by atoms with Crippen LogP contribution in [0.25, 0.3) is 10.8 Å². The Morgan fingerprint density at radius 3 is 2.54 bits per heavy atom. The average molecular weight is 347 g/mol. The van der Waals surface area contributed by atoms with Crippen LogP contribution >= 0.6 is 0 Å². The molecule has 1 aromatic heterocycles. The fourth-order valence-corrected chi connectivity index (χ4v) is 2.75. The molecule has 4 heteroatoms. The minimum absolute atomic E-state index is 0.0756. The Hall–Kier alpha value is -2.87. The molecule has 1 heterocycles. The van der Waals surface area contributed by atoms with Crippen LogP contribution in [0.3, 0.4) is 0 Å². The van der Waals surface area contributed by atoms with Crippen LogP contribution in [-0.2, 0) is 22.4 Å². The second kappa shape index (κ2) is 8.48. The van der Waals surface area contributed by atoms with Gasteiger partial charge in [0, 0.05) is 37.8 Å². The van der Waals surface area contributed by atoms with Gasteiger partial charge in [-0.05, 0) is 29.1 Å². The Balaban J connectivity index is 1.87. The third kappa shape index (κ3) is 4.20. The Morgan fingerprint density at radius 2 is 1.81 bits per heavy atom. The van der Waals surface area contributed by atoms with Crippen molar-refractivity contribution in [3.05, 3.63) is 82.3 Å². The SMILES string of the molecule is COC(Cn1ccc2ccc(C#CCc3ccccc3)cc2c1=O)OC. The zero-order valence-corrected chi connectivity index (χ0v) is 14.9. The summed E-state index contributed by atoms with van der Waals surface area (Å²) in [5.74, 6) is 6.32. The predicted molar refractivity (Wildman–Crippen MR) is 103 cm³/mol. The molecule has 0 saturated heterocycles. The number of rotatable bonds is 5. The topological polar surface area (TPSA) is 40.5 Å². The summed E-state index contributed by atoms with van der Waals surface area (Å²) in [6, 6.07) is 17.7. The number of hydrogen-bond donors (Lipinski definition) is 0. The first kappa shape index (κ1) is 17.9. The number of aromatic nitrogens is 1. The molecule has 26 heavy (non-hydrogen) atoms. The van der Waals surface area contributed by atoms with Crippen LogP contribution < -0.4 is 5.56 Å². The zero-order chi connectivity index (χ0) is 18.4. The van der Waals surface area contributed by atoms with Crippen LogP contribution in [0.2, 0.25) is 0 Å². The molecule has 0 radical (unpaired) electrons. The molecule has 0 unspecified atom stereocenters. The van der Waals surface area contributed by atoms with Crippen molar-refractivity contribution in [3.63, 3.8) is 0 Å². The summed E-state index contributed by atoms with van der Waals surface area (Å²) in [6.45, 7) is 0.339. The van der Waals surface area contributed by atoms with E-state index in [9.17, 15) is 4.79 Å². The van der Waals surface area contributed by atoms with Gasteiger partial charge in [0.05, 0.1) is 6.54 Å². The summed E-state index contributed by atoms with van der Waals surface area (Å²) >= 11 is 0. The van der Waals surface area contributed by atoms with Crippen LogP contribution in [0.5, 0.6) is 0 Å². The third-order valence-corrected chi connectivity index (χ3v) is 4.22. The predicted octanol–water partition coefficient (Wildman–Crippen LogP) is 3.21. The first-order valence-corrected chi connectivity index (χ1v) is 8.43. The molecule has 3 aromatic rings. The van der Waals surface area contributed by atoms with E-state index in [0.717, 1.165) is 10.9 Å². The maximum atomic E-state index is 12.7. The van der Waals surface area contributed by atoms with Gasteiger partial charge in [0.25, 0.3) is 5.56 Å². The van der Waals surface area contributed by atoms with Crippen LogP contribution in [0.4, 0.5) is 0 Å². The van der Waals surface area contributed by atoms with Gasteiger partial charge in [-0.2, -0.15) is 0 Å². The summed E-state index contributed by atoms with van der Waals surface area (Å²) in [5.41, 5.74) is 1.93. The molecule has 0 amide bonds. The normalized spacial score (nSPS) is 10.7. The van der Waals surface area contributed by atoms with Crippen molar-refractivity contribution < 1.29 is 9.47 Å². The van der Waals surface area contributed by atoms with Gasteiger partial charge < -0.3 is 14.0 Å². The Bertz CT molecular complexity index is 993. The van der Waals surface area contributed by atoms with E-state index in [4.69, 9.17) is 9.47 Å². The van der Waals surface area contributed by atoms with Crippen molar-refractivity contribution in [1.82, 2.24) is 4.57 Å². The molecule has 132 valence electrons. The molecule has 0 bridgehead atoms. The highest BCUT2D eigenvalue weighted by Crippen LogP contribution is 2.12. The van der Waals surface area contributed by atoms with Gasteiger partial charge in [-0.25, -0.2) is 0 Å². The van der Waals surface area contributed by atoms with Gasteiger partial charge in [0.1, 0.15) is 0 Å². The largest absolute Gasteiger partial charge is 0.354 e. The minimum Gasteiger partial charge on any atom is -0.354 e. The molecule has 0 atom stereocenters. The molecule has 0 saturated carbocycles. The summed E-state index contributed by atoms with van der Waals surface area (Å²) in [5, 5.41) is 1.54. The lowest BCUT2D eigenvalue weighted by molar-refractivity contribution is -0.111. The van der Waals surface area contributed by atoms with Crippen molar-refractivity contribution in [2.75, 3.05) is 14.2 Å². The standard InChI is InChI=1S/C22H21NO3/c1-25-21(26-2)16-23-14-13-19-12-11-18(15-20(19)22(23)24)10-6-9-17-7-4-3-5-8-17/h3-5,7-8,11-15,21H,9,16H2,1-2H3. The van der Waals surface area contributed by atoms with Gasteiger partial charge in [-0.15, -0.1) is 0 Å². The second-order valence-electron chi connectivity index (χ2n) is 5.94. The first-order valence-electron chi connectivity index (χ1n) is 8.43. The molecule has 0 spiro atoms. The number of methoxy groups -OCH3 is 2. The van der Waals surface area contributed by atoms with Crippen molar-refractivity contribution in [1.29, 1.82) is 0 Å². The maximum absolute atomic E-state index is 12.7. The van der Waals surface area contributed by atoms with Crippen molar-refractivity contribution in [2.24, 2.45) is 0 Å². The van der Waals surface area contributed by atoms with E-state index in [1.165, 1.54) is 5.56 Å². The first-order chi connectivity index (χ1) is 12.7.